The minimum atomic E-state index is -0.354. The number of H-pyrrole nitrogens is 2. The van der Waals surface area contributed by atoms with Crippen molar-refractivity contribution in [3.8, 4) is 22.6 Å². The van der Waals surface area contributed by atoms with E-state index in [4.69, 9.17) is 4.98 Å². The molecule has 0 aliphatic heterocycles. The van der Waals surface area contributed by atoms with Gasteiger partial charge in [0.25, 0.3) is 5.56 Å². The SMILES string of the molecule is Cc1c(-c2ccnc(-c3nc4c(C)cc(C(C)(C)C)cc4[nH]3)c2CO)c[nH]c(=O)c1NC(=O)C1CC1. The summed E-state index contributed by atoms with van der Waals surface area (Å²) in [5, 5.41) is 13.2. The lowest BCUT2D eigenvalue weighted by Gasteiger charge is -2.19. The molecule has 8 heteroatoms. The number of fused-ring (bicyclic) bond motifs is 1. The molecule has 0 unspecified atom stereocenters. The highest BCUT2D eigenvalue weighted by Gasteiger charge is 2.30. The molecule has 1 fully saturated rings. The fourth-order valence-corrected chi connectivity index (χ4v) is 4.57. The van der Waals surface area contributed by atoms with Crippen LogP contribution in [0, 0.1) is 19.8 Å². The third-order valence-electron chi connectivity index (χ3n) is 6.92. The summed E-state index contributed by atoms with van der Waals surface area (Å²) in [5.74, 6) is 0.406. The van der Waals surface area contributed by atoms with E-state index in [1.165, 1.54) is 5.56 Å². The largest absolute Gasteiger partial charge is 0.392 e. The Morgan fingerprint density at radius 1 is 1.19 bits per heavy atom. The number of pyridine rings is 2. The fourth-order valence-electron chi connectivity index (χ4n) is 4.57. The number of benzene rings is 1. The van der Waals surface area contributed by atoms with Crippen molar-refractivity contribution in [2.24, 2.45) is 5.92 Å². The molecule has 186 valence electrons. The highest BCUT2D eigenvalue weighted by atomic mass is 16.3. The number of rotatable bonds is 5. The van der Waals surface area contributed by atoms with E-state index in [1.807, 2.05) is 6.92 Å². The molecule has 0 spiro atoms. The van der Waals surface area contributed by atoms with Crippen LogP contribution in [0.2, 0.25) is 0 Å². The molecule has 0 saturated heterocycles. The Labute approximate surface area is 209 Å². The number of nitrogens with zero attached hydrogens (tertiary/aromatic N) is 2. The van der Waals surface area contributed by atoms with E-state index in [0.717, 1.165) is 29.4 Å². The first-order chi connectivity index (χ1) is 17.1. The molecule has 5 rings (SSSR count). The summed E-state index contributed by atoms with van der Waals surface area (Å²) in [5.41, 5.74) is 7.09. The second kappa shape index (κ2) is 8.71. The molecular formula is C28H31N5O3. The average molecular weight is 486 g/mol. The van der Waals surface area contributed by atoms with Crippen molar-refractivity contribution in [2.75, 3.05) is 5.32 Å². The Morgan fingerprint density at radius 2 is 1.94 bits per heavy atom. The average Bonchev–Trinajstić information content (AvgIpc) is 3.59. The zero-order valence-corrected chi connectivity index (χ0v) is 21.2. The van der Waals surface area contributed by atoms with Gasteiger partial charge < -0.3 is 20.4 Å². The van der Waals surface area contributed by atoms with E-state index < -0.39 is 0 Å². The van der Waals surface area contributed by atoms with E-state index in [9.17, 15) is 14.7 Å². The predicted octanol–water partition coefficient (Wildman–Crippen LogP) is 4.74. The molecule has 8 nitrogen and oxygen atoms in total. The van der Waals surface area contributed by atoms with Gasteiger partial charge in [-0.1, -0.05) is 26.8 Å². The number of aromatic nitrogens is 4. The summed E-state index contributed by atoms with van der Waals surface area (Å²) >= 11 is 0. The number of anilines is 1. The lowest BCUT2D eigenvalue weighted by Crippen LogP contribution is -2.22. The van der Waals surface area contributed by atoms with Crippen molar-refractivity contribution in [2.45, 2.75) is 59.5 Å². The minimum absolute atomic E-state index is 0.00691. The fraction of sp³-hybridized carbons (Fsp3) is 0.357. The number of amides is 1. The highest BCUT2D eigenvalue weighted by Crippen LogP contribution is 2.35. The van der Waals surface area contributed by atoms with Crippen LogP contribution >= 0.6 is 0 Å². The maximum atomic E-state index is 12.5. The van der Waals surface area contributed by atoms with Crippen LogP contribution in [0.1, 0.15) is 55.9 Å². The zero-order valence-electron chi connectivity index (χ0n) is 21.2. The molecule has 1 aromatic carbocycles. The van der Waals surface area contributed by atoms with Gasteiger partial charge in [0, 0.05) is 29.4 Å². The van der Waals surface area contributed by atoms with Crippen molar-refractivity contribution in [3.05, 3.63) is 63.2 Å². The van der Waals surface area contributed by atoms with Crippen LogP contribution in [0.3, 0.4) is 0 Å². The van der Waals surface area contributed by atoms with E-state index in [0.29, 0.717) is 33.8 Å². The van der Waals surface area contributed by atoms with Gasteiger partial charge in [-0.25, -0.2) is 4.98 Å². The van der Waals surface area contributed by atoms with Crippen LogP contribution in [-0.2, 0) is 16.8 Å². The zero-order chi connectivity index (χ0) is 25.8. The smallest absolute Gasteiger partial charge is 0.272 e. The molecule has 0 atom stereocenters. The number of aromatic amines is 2. The topological polar surface area (TPSA) is 124 Å². The maximum Gasteiger partial charge on any atom is 0.272 e. The van der Waals surface area contributed by atoms with Crippen LogP contribution in [-0.4, -0.2) is 30.9 Å². The van der Waals surface area contributed by atoms with E-state index in [2.05, 4.69) is 53.2 Å². The van der Waals surface area contributed by atoms with E-state index in [-0.39, 0.29) is 35.1 Å². The summed E-state index contributed by atoms with van der Waals surface area (Å²) in [6.07, 6.45) is 4.97. The number of hydrogen-bond donors (Lipinski definition) is 4. The normalized spacial score (nSPS) is 13.8. The van der Waals surface area contributed by atoms with Crippen molar-refractivity contribution >= 4 is 22.6 Å². The third kappa shape index (κ3) is 4.22. The number of carbonyl (C=O) groups excluding carboxylic acids is 1. The molecule has 3 heterocycles. The molecule has 1 amide bonds. The molecule has 0 bridgehead atoms. The van der Waals surface area contributed by atoms with Crippen molar-refractivity contribution in [3.63, 3.8) is 0 Å². The van der Waals surface area contributed by atoms with Crippen LogP contribution in [0.5, 0.6) is 0 Å². The maximum absolute atomic E-state index is 12.5. The molecule has 3 aromatic heterocycles. The molecule has 1 aliphatic rings. The first-order valence-electron chi connectivity index (χ1n) is 12.2. The van der Waals surface area contributed by atoms with Gasteiger partial charge in [0.1, 0.15) is 11.4 Å². The summed E-state index contributed by atoms with van der Waals surface area (Å²) in [6.45, 7) is 10.1. The minimum Gasteiger partial charge on any atom is -0.392 e. The molecule has 4 N–H and O–H groups in total. The van der Waals surface area contributed by atoms with Gasteiger partial charge in [0.2, 0.25) is 5.91 Å². The molecule has 36 heavy (non-hydrogen) atoms. The summed E-state index contributed by atoms with van der Waals surface area (Å²) in [4.78, 5) is 40.4. The van der Waals surface area contributed by atoms with Crippen molar-refractivity contribution < 1.29 is 9.90 Å². The van der Waals surface area contributed by atoms with Crippen LogP contribution in [0.15, 0.2) is 35.4 Å². The standard InChI is InChI=1S/C28H31N5O3/c1-14-10-17(28(3,4)5)11-21-22(14)32-25(31-21)24-20(13-34)18(8-9-29-24)19-12-30-27(36)23(15(19)2)33-26(35)16-6-7-16/h8-12,16,34H,6-7,13H2,1-5H3,(H,30,36)(H,31,32)(H,33,35). The van der Waals surface area contributed by atoms with Gasteiger partial charge in [0.05, 0.1) is 17.6 Å². The molecule has 1 aliphatic carbocycles. The second-order valence-electron chi connectivity index (χ2n) is 10.7. The number of aliphatic hydroxyl groups is 1. The second-order valence-corrected chi connectivity index (χ2v) is 10.7. The number of aryl methyl sites for hydroxylation is 1. The summed E-state index contributed by atoms with van der Waals surface area (Å²) in [7, 11) is 0. The van der Waals surface area contributed by atoms with Crippen molar-refractivity contribution in [1.82, 2.24) is 19.9 Å². The molecule has 4 aromatic rings. The number of nitrogens with one attached hydrogen (secondary N) is 3. The van der Waals surface area contributed by atoms with Crippen molar-refractivity contribution in [1.29, 1.82) is 0 Å². The molecular weight excluding hydrogens is 454 g/mol. The predicted molar refractivity (Wildman–Crippen MR) is 141 cm³/mol. The van der Waals surface area contributed by atoms with Gasteiger partial charge in [-0.05, 0) is 66.5 Å². The monoisotopic (exact) mass is 485 g/mol. The third-order valence-corrected chi connectivity index (χ3v) is 6.92. The molecule has 1 saturated carbocycles. The number of aliphatic hydroxyl groups excluding tert-OH is 1. The Hall–Kier alpha value is -3.78. The Kier molecular flexibility index (Phi) is 5.79. The molecule has 0 radical (unpaired) electrons. The van der Waals surface area contributed by atoms with Gasteiger partial charge in [-0.15, -0.1) is 0 Å². The van der Waals surface area contributed by atoms with E-state index in [1.54, 1.807) is 25.4 Å². The Bertz CT molecular complexity index is 1550. The Morgan fingerprint density at radius 3 is 2.61 bits per heavy atom. The first-order valence-corrected chi connectivity index (χ1v) is 12.2. The summed E-state index contributed by atoms with van der Waals surface area (Å²) < 4.78 is 0. The van der Waals surface area contributed by atoms with Gasteiger partial charge in [-0.3, -0.25) is 14.6 Å². The quantitative estimate of drug-likeness (QED) is 0.325. The van der Waals surface area contributed by atoms with E-state index >= 15 is 0 Å². The van der Waals surface area contributed by atoms with Crippen LogP contribution < -0.4 is 10.9 Å². The lowest BCUT2D eigenvalue weighted by molar-refractivity contribution is -0.117. The van der Waals surface area contributed by atoms with Crippen LogP contribution in [0.25, 0.3) is 33.7 Å². The van der Waals surface area contributed by atoms with Crippen LogP contribution in [0.4, 0.5) is 5.69 Å². The lowest BCUT2D eigenvalue weighted by atomic mass is 9.86. The van der Waals surface area contributed by atoms with Gasteiger partial charge >= 0.3 is 0 Å². The van der Waals surface area contributed by atoms with Gasteiger partial charge in [0.15, 0.2) is 5.82 Å². The first kappa shape index (κ1) is 23.9. The summed E-state index contributed by atoms with van der Waals surface area (Å²) in [6, 6.07) is 6.07. The number of hydrogen-bond acceptors (Lipinski definition) is 5. The highest BCUT2D eigenvalue weighted by molar-refractivity contribution is 5.95. The number of imidazole rings is 1. The van der Waals surface area contributed by atoms with Gasteiger partial charge in [-0.2, -0.15) is 0 Å². The number of carbonyl (C=O) groups is 1. The Balaban J connectivity index is 1.63.